The molecule has 2 aromatic rings. The maximum atomic E-state index is 14.9. The molecule has 3 unspecified atom stereocenters. The quantitative estimate of drug-likeness (QED) is 0.144. The number of amides is 2. The molecule has 1 spiro atoms. The zero-order valence-electron chi connectivity index (χ0n) is 24.2. The molecule has 8 atom stereocenters. The van der Waals surface area contributed by atoms with Crippen LogP contribution in [0.3, 0.4) is 0 Å². The first-order valence-corrected chi connectivity index (χ1v) is 16.5. The number of nitrogens with zero attached hydrogens (tertiary/aromatic N) is 2. The topological polar surface area (TPSA) is 87.1 Å². The number of aliphatic hydroxyl groups excluding tert-OH is 1. The number of anilines is 1. The molecule has 42 heavy (non-hydrogen) atoms. The summed E-state index contributed by atoms with van der Waals surface area (Å²) in [5.74, 6) is -2.34. The molecule has 0 aliphatic carbocycles. The number of carbonyl (C=O) groups is 3. The molecular formula is C33H39BrN2O5S. The Morgan fingerprint density at radius 1 is 1.24 bits per heavy atom. The fraction of sp³-hybridized carbons (Fsp3) is 0.485. The van der Waals surface area contributed by atoms with Crippen LogP contribution in [0.1, 0.15) is 33.1 Å². The van der Waals surface area contributed by atoms with E-state index >= 15 is 0 Å². The summed E-state index contributed by atoms with van der Waals surface area (Å²) in [6.45, 7) is 11.8. The minimum absolute atomic E-state index is 0.0574. The number of rotatable bonds is 12. The van der Waals surface area contributed by atoms with Crippen LogP contribution < -0.4 is 4.90 Å². The molecule has 2 bridgehead atoms. The minimum atomic E-state index is -0.867. The highest BCUT2D eigenvalue weighted by Gasteiger charge is 2.77. The lowest BCUT2D eigenvalue weighted by Crippen LogP contribution is -2.59. The van der Waals surface area contributed by atoms with E-state index in [2.05, 4.69) is 29.1 Å². The van der Waals surface area contributed by atoms with Gasteiger partial charge in [-0.1, -0.05) is 78.7 Å². The second kappa shape index (κ2) is 12.5. The number of halogens is 1. The molecule has 2 aromatic carbocycles. The van der Waals surface area contributed by atoms with Crippen molar-refractivity contribution in [3.63, 3.8) is 0 Å². The third-order valence-electron chi connectivity index (χ3n) is 9.27. The van der Waals surface area contributed by atoms with Gasteiger partial charge in [0.1, 0.15) is 6.04 Å². The normalized spacial score (nSPS) is 29.3. The van der Waals surface area contributed by atoms with Gasteiger partial charge in [-0.05, 0) is 41.7 Å². The van der Waals surface area contributed by atoms with Crippen molar-refractivity contribution in [1.29, 1.82) is 0 Å². The highest BCUT2D eigenvalue weighted by atomic mass is 79.9. The minimum Gasteiger partial charge on any atom is -0.465 e. The van der Waals surface area contributed by atoms with Gasteiger partial charge in [-0.15, -0.1) is 24.9 Å². The molecule has 5 rings (SSSR count). The lowest BCUT2D eigenvalue weighted by atomic mass is 9.71. The van der Waals surface area contributed by atoms with Crippen molar-refractivity contribution in [2.45, 2.75) is 60.0 Å². The van der Waals surface area contributed by atoms with E-state index in [0.29, 0.717) is 18.5 Å². The summed E-state index contributed by atoms with van der Waals surface area (Å²) in [7, 11) is 0. The van der Waals surface area contributed by atoms with Gasteiger partial charge in [0.05, 0.1) is 35.8 Å². The summed E-state index contributed by atoms with van der Waals surface area (Å²) >= 11 is 5.38. The number of benzene rings is 2. The van der Waals surface area contributed by atoms with Crippen LogP contribution in [-0.2, 0) is 19.1 Å². The van der Waals surface area contributed by atoms with Crippen molar-refractivity contribution in [1.82, 2.24) is 4.90 Å². The van der Waals surface area contributed by atoms with Gasteiger partial charge in [0.2, 0.25) is 5.91 Å². The van der Waals surface area contributed by atoms with Gasteiger partial charge in [0, 0.05) is 22.3 Å². The number of fused-ring (bicyclic) bond motifs is 2. The summed E-state index contributed by atoms with van der Waals surface area (Å²) in [5, 5.41) is 12.5. The summed E-state index contributed by atoms with van der Waals surface area (Å²) < 4.78 is 4.79. The van der Waals surface area contributed by atoms with Crippen molar-refractivity contribution < 1.29 is 24.2 Å². The second-order valence-electron chi connectivity index (χ2n) is 11.6. The largest absolute Gasteiger partial charge is 0.465 e. The Morgan fingerprint density at radius 2 is 1.98 bits per heavy atom. The van der Waals surface area contributed by atoms with Crippen molar-refractivity contribution >= 4 is 61.9 Å². The van der Waals surface area contributed by atoms with Crippen LogP contribution in [0.5, 0.6) is 0 Å². The average molecular weight is 656 g/mol. The van der Waals surface area contributed by atoms with Crippen molar-refractivity contribution in [2.24, 2.45) is 17.8 Å². The highest BCUT2D eigenvalue weighted by molar-refractivity contribution is 9.09. The molecule has 0 aromatic heterocycles. The lowest BCUT2D eigenvalue weighted by Gasteiger charge is -2.41. The van der Waals surface area contributed by atoms with E-state index in [4.69, 9.17) is 4.74 Å². The Morgan fingerprint density at radius 3 is 2.64 bits per heavy atom. The zero-order chi connectivity index (χ0) is 30.2. The molecule has 7 nitrogen and oxygen atoms in total. The Kier molecular flexibility index (Phi) is 9.21. The second-order valence-corrected chi connectivity index (χ2v) is 14.3. The number of alkyl halides is 1. The smallest absolute Gasteiger partial charge is 0.310 e. The number of esters is 1. The molecule has 1 N–H and O–H groups in total. The first-order chi connectivity index (χ1) is 20.2. The van der Waals surface area contributed by atoms with Gasteiger partial charge in [-0.2, -0.15) is 0 Å². The van der Waals surface area contributed by atoms with E-state index in [1.165, 1.54) is 0 Å². The van der Waals surface area contributed by atoms with Crippen LogP contribution in [0.15, 0.2) is 67.8 Å². The Balaban J connectivity index is 1.61. The Hall–Kier alpha value is -2.62. The first-order valence-electron chi connectivity index (χ1n) is 14.7. The molecule has 224 valence electrons. The van der Waals surface area contributed by atoms with Crippen LogP contribution >= 0.6 is 27.7 Å². The molecule has 2 amide bonds. The third-order valence-corrected chi connectivity index (χ3v) is 12.5. The van der Waals surface area contributed by atoms with Gasteiger partial charge in [-0.3, -0.25) is 14.4 Å². The maximum Gasteiger partial charge on any atom is 0.310 e. The first kappa shape index (κ1) is 30.8. The van der Waals surface area contributed by atoms with E-state index in [1.807, 2.05) is 56.3 Å². The molecule has 3 fully saturated rings. The number of likely N-dealkylation sites (tertiary alicyclic amines) is 1. The molecule has 3 aliphatic heterocycles. The molecule has 9 heteroatoms. The maximum absolute atomic E-state index is 14.9. The number of hydrogen-bond acceptors (Lipinski definition) is 6. The van der Waals surface area contributed by atoms with E-state index in [9.17, 15) is 19.5 Å². The van der Waals surface area contributed by atoms with Crippen molar-refractivity contribution in [3.8, 4) is 0 Å². The van der Waals surface area contributed by atoms with Crippen molar-refractivity contribution in [2.75, 3.05) is 24.7 Å². The monoisotopic (exact) mass is 654 g/mol. The van der Waals surface area contributed by atoms with Gasteiger partial charge >= 0.3 is 5.97 Å². The Labute approximate surface area is 260 Å². The zero-order valence-corrected chi connectivity index (χ0v) is 26.6. The fourth-order valence-electron chi connectivity index (χ4n) is 7.07. The predicted molar refractivity (Wildman–Crippen MR) is 172 cm³/mol. The standard InChI is InChI=1S/C33H39BrN2O5S/c1-5-8-16-41-32(40)26-27-30(38)36(25(19-37)20(4)7-3)29(33(27)18-24(34)28(26)42-33)31(39)35(15-6-2)23-14-13-21-11-9-10-12-22(21)17-23/h5-6,9-14,17,20,24-29,37H,1-2,7-8,15-16,18-19H2,3-4H3/t20-,24?,25-,26-,27-,28-,29?,33?/m0/s1. The number of hydrogen-bond donors (Lipinski definition) is 1. The molecule has 0 saturated carbocycles. The number of thioether (sulfide) groups is 1. The predicted octanol–water partition coefficient (Wildman–Crippen LogP) is 5.35. The fourth-order valence-corrected chi connectivity index (χ4v) is 10.7. The lowest BCUT2D eigenvalue weighted by molar-refractivity contribution is -0.154. The van der Waals surface area contributed by atoms with Gasteiger partial charge in [0.15, 0.2) is 0 Å². The van der Waals surface area contributed by atoms with Crippen molar-refractivity contribution in [3.05, 3.63) is 67.8 Å². The molecule has 3 aliphatic rings. The summed E-state index contributed by atoms with van der Waals surface area (Å²) in [6.07, 6.45) is 5.17. The SMILES string of the molecule is C=CCCOC(=O)[C@H]1[C@H]2C(=O)N([C@@H](CO)[C@@H](C)CC)C(C(=O)N(CC=C)c3ccc4ccccc4c3)C23CC(Br)[C@@H]1S3. The van der Waals surface area contributed by atoms with Crippen LogP contribution in [0.2, 0.25) is 0 Å². The number of ether oxygens (including phenoxy) is 1. The number of carbonyl (C=O) groups excluding carboxylic acids is 3. The summed E-state index contributed by atoms with van der Waals surface area (Å²) in [4.78, 5) is 46.2. The highest BCUT2D eigenvalue weighted by Crippen LogP contribution is 2.68. The van der Waals surface area contributed by atoms with Crippen LogP contribution in [0.25, 0.3) is 10.8 Å². The molecule has 3 saturated heterocycles. The van der Waals surface area contributed by atoms with E-state index in [-0.39, 0.29) is 47.6 Å². The van der Waals surface area contributed by atoms with Crippen LogP contribution in [0.4, 0.5) is 5.69 Å². The van der Waals surface area contributed by atoms with E-state index < -0.39 is 34.6 Å². The van der Waals surface area contributed by atoms with Gasteiger partial charge in [-0.25, -0.2) is 0 Å². The van der Waals surface area contributed by atoms with Gasteiger partial charge in [0.25, 0.3) is 5.91 Å². The Bertz CT molecular complexity index is 1390. The average Bonchev–Trinajstić information content (AvgIpc) is 3.59. The van der Waals surface area contributed by atoms with E-state index in [1.54, 1.807) is 33.7 Å². The number of aliphatic hydroxyl groups is 1. The van der Waals surface area contributed by atoms with Crippen LogP contribution in [-0.4, -0.2) is 74.5 Å². The van der Waals surface area contributed by atoms with Crippen LogP contribution in [0, 0.1) is 17.8 Å². The van der Waals surface area contributed by atoms with Gasteiger partial charge < -0.3 is 19.6 Å². The third kappa shape index (κ3) is 5.01. The summed E-state index contributed by atoms with van der Waals surface area (Å²) in [6, 6.07) is 12.4. The molecule has 3 heterocycles. The summed E-state index contributed by atoms with van der Waals surface area (Å²) in [5.41, 5.74) is 0.711. The molecule has 0 radical (unpaired) electrons. The molecular weight excluding hydrogens is 616 g/mol. The van der Waals surface area contributed by atoms with E-state index in [0.717, 1.165) is 17.2 Å².